The average molecular weight is 648 g/mol. The van der Waals surface area contributed by atoms with E-state index in [-0.39, 0.29) is 0 Å². The van der Waals surface area contributed by atoms with Gasteiger partial charge in [0, 0.05) is 41.2 Å². The fourth-order valence-corrected chi connectivity index (χ4v) is 8.64. The Kier molecular flexibility index (Phi) is 5.96. The monoisotopic (exact) mass is 647 g/mol. The Morgan fingerprint density at radius 3 is 1.43 bits per heavy atom. The molecule has 3 aromatic heterocycles. The van der Waals surface area contributed by atoms with Crippen LogP contribution in [0.15, 0.2) is 176 Å². The van der Waals surface area contributed by atoms with Crippen molar-refractivity contribution in [3.05, 3.63) is 176 Å². The Labute approximate surface area is 294 Å². The average Bonchev–Trinajstić information content (AvgIpc) is 3.72. The molecule has 0 fully saturated rings. The molecule has 11 rings (SSSR count). The van der Waals surface area contributed by atoms with Crippen molar-refractivity contribution < 1.29 is 0 Å². The molecule has 0 atom stereocenters. The summed E-state index contributed by atoms with van der Waals surface area (Å²) >= 11 is 0. The van der Waals surface area contributed by atoms with Crippen molar-refractivity contribution in [3.8, 4) is 61.3 Å². The molecule has 0 unspecified atom stereocenters. The number of fused-ring (bicyclic) bond motifs is 7. The van der Waals surface area contributed by atoms with Gasteiger partial charge in [-0.15, -0.1) is 0 Å². The number of nitrogens with zero attached hydrogens (tertiary/aromatic N) is 3. The van der Waals surface area contributed by atoms with Gasteiger partial charge in [-0.25, -0.2) is 0 Å². The minimum Gasteiger partial charge on any atom is -0.309 e. The summed E-state index contributed by atoms with van der Waals surface area (Å²) in [5.74, 6) is 0. The lowest BCUT2D eigenvalue weighted by Crippen LogP contribution is -1.94. The Hall–Kier alpha value is -6.84. The molecule has 236 valence electrons. The van der Waals surface area contributed by atoms with Crippen LogP contribution in [-0.4, -0.2) is 14.5 Å². The zero-order valence-electron chi connectivity index (χ0n) is 27.6. The van der Waals surface area contributed by atoms with E-state index in [9.17, 15) is 0 Å². The van der Waals surface area contributed by atoms with Crippen molar-refractivity contribution in [3.63, 3.8) is 0 Å². The zero-order chi connectivity index (χ0) is 33.5. The third-order valence-electron chi connectivity index (χ3n) is 10.7. The van der Waals surface area contributed by atoms with Crippen LogP contribution in [0.4, 0.5) is 0 Å². The fraction of sp³-hybridized carbons (Fsp3) is 0. The van der Waals surface area contributed by atoms with Gasteiger partial charge in [0.15, 0.2) is 0 Å². The molecule has 7 aromatic carbocycles. The molecule has 1 aliphatic rings. The molecule has 3 heterocycles. The van der Waals surface area contributed by atoms with Crippen LogP contribution in [-0.2, 0) is 0 Å². The van der Waals surface area contributed by atoms with Crippen LogP contribution in [0.25, 0.3) is 105 Å². The van der Waals surface area contributed by atoms with E-state index < -0.39 is 0 Å². The quantitative estimate of drug-likeness (QED) is 0.190. The number of hydrogen-bond donors (Lipinski definition) is 0. The molecule has 0 saturated carbocycles. The second-order valence-electron chi connectivity index (χ2n) is 13.3. The first-order valence-corrected chi connectivity index (χ1v) is 17.4. The van der Waals surface area contributed by atoms with E-state index in [2.05, 4.69) is 166 Å². The summed E-state index contributed by atoms with van der Waals surface area (Å²) in [7, 11) is 0. The van der Waals surface area contributed by atoms with E-state index in [4.69, 9.17) is 0 Å². The largest absolute Gasteiger partial charge is 0.309 e. The predicted molar refractivity (Wildman–Crippen MR) is 212 cm³/mol. The SMILES string of the molecule is c1ccc(-c2c3c(c(-c4ccccc4)c4ccccc24)-c2ccc(-c4ccc(-n5c6ccncc6c6cnccc65)cc4)c4cccc-3c24)cc1. The van der Waals surface area contributed by atoms with Crippen LogP contribution in [0.3, 0.4) is 0 Å². The Balaban J connectivity index is 1.15. The Morgan fingerprint density at radius 2 is 0.843 bits per heavy atom. The first-order valence-electron chi connectivity index (χ1n) is 17.4. The summed E-state index contributed by atoms with van der Waals surface area (Å²) < 4.78 is 2.31. The summed E-state index contributed by atoms with van der Waals surface area (Å²) in [6, 6.07) is 55.5. The maximum Gasteiger partial charge on any atom is 0.0572 e. The topological polar surface area (TPSA) is 30.7 Å². The Morgan fingerprint density at radius 1 is 0.333 bits per heavy atom. The molecule has 10 aromatic rings. The molecule has 0 amide bonds. The minimum absolute atomic E-state index is 1.11. The highest BCUT2D eigenvalue weighted by Gasteiger charge is 2.31. The van der Waals surface area contributed by atoms with Gasteiger partial charge in [-0.3, -0.25) is 9.97 Å². The maximum atomic E-state index is 4.41. The molecule has 3 nitrogen and oxygen atoms in total. The first kappa shape index (κ1) is 28.0. The molecule has 0 radical (unpaired) electrons. The fourth-order valence-electron chi connectivity index (χ4n) is 8.64. The van der Waals surface area contributed by atoms with E-state index in [1.54, 1.807) is 0 Å². The van der Waals surface area contributed by atoms with E-state index in [0.29, 0.717) is 0 Å². The molecular formula is C48H29N3. The van der Waals surface area contributed by atoms with Crippen LogP contribution < -0.4 is 0 Å². The Bertz CT molecular complexity index is 2850. The molecule has 51 heavy (non-hydrogen) atoms. The van der Waals surface area contributed by atoms with Crippen LogP contribution in [0, 0.1) is 0 Å². The predicted octanol–water partition coefficient (Wildman–Crippen LogP) is 12.5. The second-order valence-corrected chi connectivity index (χ2v) is 13.3. The number of benzene rings is 7. The summed E-state index contributed by atoms with van der Waals surface area (Å²) in [5, 5.41) is 7.35. The normalized spacial score (nSPS) is 11.9. The highest BCUT2D eigenvalue weighted by Crippen LogP contribution is 2.58. The minimum atomic E-state index is 1.11. The van der Waals surface area contributed by atoms with Crippen LogP contribution in [0.1, 0.15) is 0 Å². The van der Waals surface area contributed by atoms with Gasteiger partial charge < -0.3 is 4.57 Å². The van der Waals surface area contributed by atoms with E-state index in [1.807, 2.05) is 24.8 Å². The van der Waals surface area contributed by atoms with Gasteiger partial charge >= 0.3 is 0 Å². The van der Waals surface area contributed by atoms with Crippen molar-refractivity contribution in [2.45, 2.75) is 0 Å². The van der Waals surface area contributed by atoms with Gasteiger partial charge in [-0.1, -0.05) is 127 Å². The number of pyridine rings is 2. The van der Waals surface area contributed by atoms with Crippen molar-refractivity contribution in [1.29, 1.82) is 0 Å². The zero-order valence-corrected chi connectivity index (χ0v) is 27.6. The van der Waals surface area contributed by atoms with Crippen LogP contribution in [0.5, 0.6) is 0 Å². The van der Waals surface area contributed by atoms with Gasteiger partial charge in [-0.2, -0.15) is 0 Å². The third-order valence-corrected chi connectivity index (χ3v) is 10.7. The lowest BCUT2D eigenvalue weighted by atomic mass is 9.82. The van der Waals surface area contributed by atoms with Crippen LogP contribution >= 0.6 is 0 Å². The molecule has 0 N–H and O–H groups in total. The molecule has 0 spiro atoms. The van der Waals surface area contributed by atoms with E-state index >= 15 is 0 Å². The standard InChI is InChI=1S/C48H29N3/c1-3-10-31(11-4-1)44-36-14-7-8-15-37(36)45(32-12-5-2-6-13-32)48-39-23-22-34(35-16-9-17-38(46(35)39)47(44)48)30-18-20-33(21-19-30)51-42-24-26-49-28-40(42)41-29-50-27-25-43(41)51/h1-29H. The molecule has 1 aliphatic carbocycles. The third kappa shape index (κ3) is 4.00. The summed E-state index contributed by atoms with van der Waals surface area (Å²) in [6.07, 6.45) is 7.59. The first-order chi connectivity index (χ1) is 25.3. The van der Waals surface area contributed by atoms with Gasteiger partial charge in [0.2, 0.25) is 0 Å². The lowest BCUT2D eigenvalue weighted by molar-refractivity contribution is 1.17. The van der Waals surface area contributed by atoms with Crippen LogP contribution in [0.2, 0.25) is 0 Å². The number of hydrogen-bond acceptors (Lipinski definition) is 2. The highest BCUT2D eigenvalue weighted by molar-refractivity contribution is 6.28. The highest BCUT2D eigenvalue weighted by atomic mass is 15.0. The lowest BCUT2D eigenvalue weighted by Gasteiger charge is -2.20. The molecule has 0 saturated heterocycles. The van der Waals surface area contributed by atoms with Crippen molar-refractivity contribution in [2.24, 2.45) is 0 Å². The summed E-state index contributed by atoms with van der Waals surface area (Å²) in [5.41, 5.74) is 16.1. The second kappa shape index (κ2) is 10.8. The van der Waals surface area contributed by atoms with E-state index in [0.717, 1.165) is 27.5 Å². The molecular weight excluding hydrogens is 619 g/mol. The van der Waals surface area contributed by atoms with Crippen molar-refractivity contribution >= 4 is 43.4 Å². The van der Waals surface area contributed by atoms with Gasteiger partial charge in [-0.05, 0) is 101 Å². The molecule has 0 bridgehead atoms. The molecule has 3 heteroatoms. The van der Waals surface area contributed by atoms with Gasteiger partial charge in [0.1, 0.15) is 0 Å². The summed E-state index contributed by atoms with van der Waals surface area (Å²) in [6.45, 7) is 0. The van der Waals surface area contributed by atoms with Crippen molar-refractivity contribution in [1.82, 2.24) is 14.5 Å². The van der Waals surface area contributed by atoms with Gasteiger partial charge in [0.25, 0.3) is 0 Å². The number of rotatable bonds is 4. The number of aromatic nitrogens is 3. The maximum absolute atomic E-state index is 4.41. The van der Waals surface area contributed by atoms with Crippen molar-refractivity contribution in [2.75, 3.05) is 0 Å². The van der Waals surface area contributed by atoms with Gasteiger partial charge in [0.05, 0.1) is 11.0 Å². The summed E-state index contributed by atoms with van der Waals surface area (Å²) in [4.78, 5) is 8.81. The molecule has 0 aliphatic heterocycles. The van der Waals surface area contributed by atoms with E-state index in [1.165, 1.54) is 77.2 Å². The smallest absolute Gasteiger partial charge is 0.0572 e.